The molecule has 112 valence electrons. The fourth-order valence-electron chi connectivity index (χ4n) is 2.39. The Hall–Kier alpha value is -2.18. The van der Waals surface area contributed by atoms with Crippen LogP contribution in [0.3, 0.4) is 0 Å². The molecule has 0 spiro atoms. The molecule has 1 aromatic rings. The number of methoxy groups -OCH3 is 1. The first-order chi connectivity index (χ1) is 10.1. The maximum atomic E-state index is 11.6. The van der Waals surface area contributed by atoms with Crippen LogP contribution in [0.2, 0.25) is 0 Å². The van der Waals surface area contributed by atoms with E-state index < -0.39 is 10.9 Å². The van der Waals surface area contributed by atoms with Crippen molar-refractivity contribution in [2.45, 2.75) is 31.7 Å². The van der Waals surface area contributed by atoms with Gasteiger partial charge in [-0.15, -0.1) is 0 Å². The van der Waals surface area contributed by atoms with Gasteiger partial charge in [0.05, 0.1) is 12.0 Å². The number of esters is 1. The van der Waals surface area contributed by atoms with Crippen molar-refractivity contribution in [3.63, 3.8) is 0 Å². The van der Waals surface area contributed by atoms with E-state index in [0.717, 1.165) is 32.2 Å². The van der Waals surface area contributed by atoms with E-state index >= 15 is 0 Å². The van der Waals surface area contributed by atoms with Crippen LogP contribution in [-0.2, 0) is 4.74 Å². The lowest BCUT2D eigenvalue weighted by Gasteiger charge is -2.23. The third kappa shape index (κ3) is 2.96. The lowest BCUT2D eigenvalue weighted by molar-refractivity contribution is -0.384. The highest BCUT2D eigenvalue weighted by Gasteiger charge is 2.38. The van der Waals surface area contributed by atoms with Crippen LogP contribution in [0.1, 0.15) is 36.2 Å². The molecule has 2 fully saturated rings. The molecular formula is C14H17N3O4. The molecule has 7 heteroatoms. The fourth-order valence-corrected chi connectivity index (χ4v) is 2.39. The molecule has 0 unspecified atom stereocenters. The first-order valence-electron chi connectivity index (χ1n) is 7.10. The average molecular weight is 291 g/mol. The molecule has 2 saturated carbocycles. The van der Waals surface area contributed by atoms with Gasteiger partial charge in [-0.3, -0.25) is 10.1 Å². The van der Waals surface area contributed by atoms with Crippen LogP contribution in [0.5, 0.6) is 0 Å². The summed E-state index contributed by atoms with van der Waals surface area (Å²) >= 11 is 0. The molecule has 2 aliphatic carbocycles. The number of aromatic nitrogens is 1. The Kier molecular flexibility index (Phi) is 3.48. The van der Waals surface area contributed by atoms with Gasteiger partial charge in [0.15, 0.2) is 5.69 Å². The molecule has 1 aromatic heterocycles. The number of carbonyl (C=O) groups is 1. The van der Waals surface area contributed by atoms with Gasteiger partial charge in [0.25, 0.3) is 0 Å². The van der Waals surface area contributed by atoms with Crippen molar-refractivity contribution in [3.8, 4) is 0 Å². The molecule has 0 amide bonds. The Morgan fingerprint density at radius 3 is 2.67 bits per heavy atom. The third-order valence-electron chi connectivity index (χ3n) is 3.86. The first kappa shape index (κ1) is 13.8. The van der Waals surface area contributed by atoms with Gasteiger partial charge >= 0.3 is 11.7 Å². The number of anilines is 1. The topological polar surface area (TPSA) is 85.6 Å². The van der Waals surface area contributed by atoms with Gasteiger partial charge in [0.1, 0.15) is 0 Å². The average Bonchev–Trinajstić information content (AvgIpc) is 3.36. The zero-order valence-electron chi connectivity index (χ0n) is 11.8. The minimum absolute atomic E-state index is 0.0461. The monoisotopic (exact) mass is 291 g/mol. The standard InChI is InChI=1S/C14H17N3O4/c1-21-14(18)11-6-7-12(17(19)20)13(15-11)16(10-4-5-10)8-9-2-3-9/h6-7,9-10H,2-5,8H2,1H3. The summed E-state index contributed by atoms with van der Waals surface area (Å²) in [7, 11) is 1.27. The van der Waals surface area contributed by atoms with Crippen LogP contribution in [0.4, 0.5) is 11.5 Å². The molecule has 0 radical (unpaired) electrons. The molecule has 7 nitrogen and oxygen atoms in total. The number of nitro groups is 1. The Bertz CT molecular complexity index is 582. The molecular weight excluding hydrogens is 274 g/mol. The summed E-state index contributed by atoms with van der Waals surface area (Å²) in [5.74, 6) is 0.319. The molecule has 0 aromatic carbocycles. The van der Waals surface area contributed by atoms with Crippen molar-refractivity contribution in [2.24, 2.45) is 5.92 Å². The Morgan fingerprint density at radius 2 is 2.14 bits per heavy atom. The Balaban J connectivity index is 1.98. The molecule has 0 saturated heterocycles. The highest BCUT2D eigenvalue weighted by molar-refractivity contribution is 5.88. The molecule has 2 aliphatic rings. The van der Waals surface area contributed by atoms with E-state index in [1.807, 2.05) is 4.90 Å². The maximum absolute atomic E-state index is 11.6. The Morgan fingerprint density at radius 1 is 1.43 bits per heavy atom. The number of hydrogen-bond acceptors (Lipinski definition) is 6. The predicted molar refractivity (Wildman–Crippen MR) is 75.3 cm³/mol. The number of pyridine rings is 1. The van der Waals surface area contributed by atoms with Gasteiger partial charge in [-0.05, 0) is 37.7 Å². The van der Waals surface area contributed by atoms with Gasteiger partial charge in [0.2, 0.25) is 5.82 Å². The lowest BCUT2D eigenvalue weighted by Crippen LogP contribution is -2.30. The van der Waals surface area contributed by atoms with E-state index in [-0.39, 0.29) is 11.4 Å². The van der Waals surface area contributed by atoms with Gasteiger partial charge in [-0.1, -0.05) is 0 Å². The molecule has 0 atom stereocenters. The van der Waals surface area contributed by atoms with Crippen LogP contribution in [-0.4, -0.2) is 35.6 Å². The molecule has 21 heavy (non-hydrogen) atoms. The van der Waals surface area contributed by atoms with Crippen molar-refractivity contribution >= 4 is 17.5 Å². The van der Waals surface area contributed by atoms with Crippen molar-refractivity contribution in [1.29, 1.82) is 0 Å². The first-order valence-corrected chi connectivity index (χ1v) is 7.10. The molecule has 0 aliphatic heterocycles. The van der Waals surface area contributed by atoms with E-state index in [4.69, 9.17) is 0 Å². The largest absolute Gasteiger partial charge is 0.464 e. The van der Waals surface area contributed by atoms with Gasteiger partial charge < -0.3 is 9.64 Å². The van der Waals surface area contributed by atoms with Crippen molar-refractivity contribution in [3.05, 3.63) is 27.9 Å². The van der Waals surface area contributed by atoms with Gasteiger partial charge in [-0.25, -0.2) is 9.78 Å². The highest BCUT2D eigenvalue weighted by atomic mass is 16.6. The number of carbonyl (C=O) groups excluding carboxylic acids is 1. The number of rotatable bonds is 6. The van der Waals surface area contributed by atoms with E-state index in [9.17, 15) is 14.9 Å². The van der Waals surface area contributed by atoms with E-state index in [1.165, 1.54) is 19.2 Å². The Labute approximate surface area is 122 Å². The summed E-state index contributed by atoms with van der Waals surface area (Å²) in [6.45, 7) is 0.781. The number of ether oxygens (including phenoxy) is 1. The quantitative estimate of drug-likeness (QED) is 0.453. The van der Waals surface area contributed by atoms with Crippen LogP contribution in [0, 0.1) is 16.0 Å². The molecule has 3 rings (SSSR count). The third-order valence-corrected chi connectivity index (χ3v) is 3.86. The summed E-state index contributed by atoms with van der Waals surface area (Å²) in [6.07, 6.45) is 4.36. The van der Waals surface area contributed by atoms with Gasteiger partial charge in [0, 0.05) is 18.7 Å². The smallest absolute Gasteiger partial charge is 0.356 e. The molecule has 1 heterocycles. The van der Waals surface area contributed by atoms with E-state index in [1.54, 1.807) is 0 Å². The van der Waals surface area contributed by atoms with Crippen molar-refractivity contribution in [2.75, 3.05) is 18.6 Å². The zero-order valence-corrected chi connectivity index (χ0v) is 11.8. The summed E-state index contributed by atoms with van der Waals surface area (Å²) in [4.78, 5) is 28.6. The van der Waals surface area contributed by atoms with Crippen molar-refractivity contribution in [1.82, 2.24) is 4.98 Å². The maximum Gasteiger partial charge on any atom is 0.356 e. The second-order valence-corrected chi connectivity index (χ2v) is 5.61. The number of nitrogens with zero attached hydrogens (tertiary/aromatic N) is 3. The second-order valence-electron chi connectivity index (χ2n) is 5.61. The predicted octanol–water partition coefficient (Wildman–Crippen LogP) is 2.16. The van der Waals surface area contributed by atoms with Gasteiger partial charge in [-0.2, -0.15) is 0 Å². The second kappa shape index (κ2) is 5.31. The lowest BCUT2D eigenvalue weighted by atomic mass is 10.2. The van der Waals surface area contributed by atoms with Crippen LogP contribution >= 0.6 is 0 Å². The summed E-state index contributed by atoms with van der Waals surface area (Å²) < 4.78 is 4.65. The number of hydrogen-bond donors (Lipinski definition) is 0. The summed E-state index contributed by atoms with van der Waals surface area (Å²) in [5.41, 5.74) is 0.0646. The normalized spacial score (nSPS) is 17.4. The minimum Gasteiger partial charge on any atom is -0.464 e. The van der Waals surface area contributed by atoms with Crippen LogP contribution in [0.15, 0.2) is 12.1 Å². The fraction of sp³-hybridized carbons (Fsp3) is 0.571. The summed E-state index contributed by atoms with van der Waals surface area (Å²) in [5, 5.41) is 11.2. The van der Waals surface area contributed by atoms with E-state index in [2.05, 4.69) is 9.72 Å². The molecule has 0 N–H and O–H groups in total. The van der Waals surface area contributed by atoms with E-state index in [0.29, 0.717) is 17.8 Å². The minimum atomic E-state index is -0.576. The summed E-state index contributed by atoms with van der Waals surface area (Å²) in [6, 6.07) is 3.00. The molecule has 0 bridgehead atoms. The van der Waals surface area contributed by atoms with Crippen LogP contribution < -0.4 is 4.90 Å². The van der Waals surface area contributed by atoms with Crippen molar-refractivity contribution < 1.29 is 14.5 Å². The SMILES string of the molecule is COC(=O)c1ccc([N+](=O)[O-])c(N(CC2CC2)C2CC2)n1. The van der Waals surface area contributed by atoms with Crippen LogP contribution in [0.25, 0.3) is 0 Å². The highest BCUT2D eigenvalue weighted by Crippen LogP contribution is 2.40. The zero-order chi connectivity index (χ0) is 15.0.